The highest BCUT2D eigenvalue weighted by Crippen LogP contribution is 2.24. The number of hydrogen-bond acceptors (Lipinski definition) is 2. The molecule has 1 saturated carbocycles. The first-order valence-electron chi connectivity index (χ1n) is 6.26. The maximum atomic E-state index is 5.52. The van der Waals surface area contributed by atoms with E-state index >= 15 is 0 Å². The van der Waals surface area contributed by atoms with E-state index in [1.807, 2.05) is 6.07 Å². The number of benzene rings is 1. The summed E-state index contributed by atoms with van der Waals surface area (Å²) in [7, 11) is 0. The number of hydrazine groups is 1. The summed E-state index contributed by atoms with van der Waals surface area (Å²) >= 11 is 3.53. The fraction of sp³-hybridized carbons (Fsp3) is 0.462. The van der Waals surface area contributed by atoms with Crippen LogP contribution in [0.2, 0.25) is 0 Å². The van der Waals surface area contributed by atoms with Gasteiger partial charge in [-0.15, -0.1) is 0 Å². The minimum atomic E-state index is 0.396. The third kappa shape index (κ3) is 3.46. The van der Waals surface area contributed by atoms with Gasteiger partial charge < -0.3 is 5.32 Å². The number of aliphatic imine (C=N–C) groups is 1. The Morgan fingerprint density at radius 2 is 2.11 bits per heavy atom. The minimum Gasteiger partial charge on any atom is -0.324 e. The number of guanidine groups is 1. The Morgan fingerprint density at radius 3 is 2.72 bits per heavy atom. The largest absolute Gasteiger partial charge is 0.324 e. The van der Waals surface area contributed by atoms with Gasteiger partial charge in [0.05, 0.1) is 11.7 Å². The molecule has 0 atom stereocenters. The van der Waals surface area contributed by atoms with Crippen LogP contribution in [0.1, 0.15) is 31.2 Å². The average Bonchev–Trinajstić information content (AvgIpc) is 2.84. The van der Waals surface area contributed by atoms with Gasteiger partial charge in [0.15, 0.2) is 0 Å². The van der Waals surface area contributed by atoms with Crippen LogP contribution in [0.5, 0.6) is 0 Å². The van der Waals surface area contributed by atoms with E-state index in [1.54, 1.807) is 0 Å². The molecule has 18 heavy (non-hydrogen) atoms. The molecule has 1 aromatic carbocycles. The van der Waals surface area contributed by atoms with Crippen molar-refractivity contribution in [3.63, 3.8) is 0 Å². The topological polar surface area (TPSA) is 62.4 Å². The summed E-state index contributed by atoms with van der Waals surface area (Å²) in [5.41, 5.74) is 4.82. The Kier molecular flexibility index (Phi) is 4.60. The molecule has 5 heteroatoms. The van der Waals surface area contributed by atoms with Crippen molar-refractivity contribution in [2.75, 3.05) is 5.32 Å². The summed E-state index contributed by atoms with van der Waals surface area (Å²) in [6, 6.07) is 6.52. The molecule has 1 aliphatic carbocycles. The van der Waals surface area contributed by atoms with E-state index in [0.29, 0.717) is 12.0 Å². The zero-order valence-electron chi connectivity index (χ0n) is 10.5. The number of aryl methyl sites for hydroxylation is 1. The summed E-state index contributed by atoms with van der Waals surface area (Å²) in [4.78, 5) is 4.60. The van der Waals surface area contributed by atoms with Gasteiger partial charge in [-0.1, -0.05) is 18.9 Å². The highest BCUT2D eigenvalue weighted by molar-refractivity contribution is 9.10. The van der Waals surface area contributed by atoms with Gasteiger partial charge in [-0.3, -0.25) is 5.43 Å². The molecule has 4 N–H and O–H groups in total. The second-order valence-corrected chi connectivity index (χ2v) is 5.52. The molecule has 0 amide bonds. The van der Waals surface area contributed by atoms with E-state index < -0.39 is 0 Å². The van der Waals surface area contributed by atoms with Crippen molar-refractivity contribution in [1.82, 2.24) is 5.43 Å². The first kappa shape index (κ1) is 13.4. The fourth-order valence-electron chi connectivity index (χ4n) is 2.17. The number of nitrogens with one attached hydrogen (secondary N) is 2. The zero-order chi connectivity index (χ0) is 13.0. The molecule has 0 heterocycles. The molecule has 0 saturated heterocycles. The standard InChI is InChI=1S/C13H19BrN4/c1-9-6-7-12(11(14)8-9)17-13(18-15)16-10-4-2-3-5-10/h6-8,10H,2-5,15H2,1H3,(H2,16,17,18). The van der Waals surface area contributed by atoms with E-state index in [0.717, 1.165) is 23.0 Å². The van der Waals surface area contributed by atoms with E-state index in [2.05, 4.69) is 50.7 Å². The smallest absolute Gasteiger partial charge is 0.210 e. The van der Waals surface area contributed by atoms with Crippen LogP contribution in [0, 0.1) is 6.92 Å². The molecule has 1 aromatic rings. The third-order valence-corrected chi connectivity index (χ3v) is 3.81. The lowest BCUT2D eigenvalue weighted by molar-refractivity contribution is 0.700. The summed E-state index contributed by atoms with van der Waals surface area (Å²) in [5, 5.41) is 3.22. The van der Waals surface area contributed by atoms with Crippen LogP contribution in [0.3, 0.4) is 0 Å². The van der Waals surface area contributed by atoms with Crippen molar-refractivity contribution in [1.29, 1.82) is 0 Å². The molecule has 0 bridgehead atoms. The highest BCUT2D eigenvalue weighted by atomic mass is 79.9. The molecule has 98 valence electrons. The molecule has 2 rings (SSSR count). The number of hydrogen-bond donors (Lipinski definition) is 3. The number of anilines is 1. The molecule has 0 unspecified atom stereocenters. The van der Waals surface area contributed by atoms with Gasteiger partial charge in [0.1, 0.15) is 0 Å². The van der Waals surface area contributed by atoms with Crippen molar-refractivity contribution in [3.8, 4) is 0 Å². The molecule has 0 radical (unpaired) electrons. The van der Waals surface area contributed by atoms with Crippen molar-refractivity contribution >= 4 is 27.6 Å². The summed E-state index contributed by atoms with van der Waals surface area (Å²) < 4.78 is 1.01. The van der Waals surface area contributed by atoms with Gasteiger partial charge in [-0.05, 0) is 53.4 Å². The van der Waals surface area contributed by atoms with Crippen LogP contribution in [-0.4, -0.2) is 12.0 Å². The molecule has 1 fully saturated rings. The molecule has 0 aliphatic heterocycles. The maximum Gasteiger partial charge on any atom is 0.210 e. The third-order valence-electron chi connectivity index (χ3n) is 3.15. The molecule has 0 spiro atoms. The van der Waals surface area contributed by atoms with Crippen LogP contribution >= 0.6 is 15.9 Å². The number of nitrogens with zero attached hydrogens (tertiary/aromatic N) is 1. The summed E-state index contributed by atoms with van der Waals surface area (Å²) in [5.74, 6) is 6.15. The van der Waals surface area contributed by atoms with Crippen molar-refractivity contribution in [2.45, 2.75) is 38.6 Å². The van der Waals surface area contributed by atoms with Crippen LogP contribution in [0.15, 0.2) is 27.7 Å². The average molecular weight is 311 g/mol. The fourth-order valence-corrected chi connectivity index (χ4v) is 2.76. The van der Waals surface area contributed by atoms with Crippen LogP contribution < -0.4 is 16.6 Å². The molecular formula is C13H19BrN4. The SMILES string of the molecule is Cc1ccc(NC(=NC2CCCC2)NN)c(Br)c1. The monoisotopic (exact) mass is 310 g/mol. The van der Waals surface area contributed by atoms with Gasteiger partial charge in [0, 0.05) is 4.47 Å². The Balaban J connectivity index is 2.09. The zero-order valence-corrected chi connectivity index (χ0v) is 12.1. The Hall–Kier alpha value is -1.07. The lowest BCUT2D eigenvalue weighted by atomic mass is 10.2. The number of halogens is 1. The van der Waals surface area contributed by atoms with Crippen LogP contribution in [0.25, 0.3) is 0 Å². The van der Waals surface area contributed by atoms with Gasteiger partial charge in [0.2, 0.25) is 5.96 Å². The lowest BCUT2D eigenvalue weighted by Gasteiger charge is -2.13. The number of rotatable bonds is 2. The Labute approximate surface area is 116 Å². The summed E-state index contributed by atoms with van der Waals surface area (Å²) in [6.45, 7) is 2.06. The normalized spacial score (nSPS) is 16.9. The van der Waals surface area contributed by atoms with Crippen LogP contribution in [0.4, 0.5) is 5.69 Å². The number of nitrogens with two attached hydrogens (primary N) is 1. The Morgan fingerprint density at radius 1 is 1.39 bits per heavy atom. The second-order valence-electron chi connectivity index (χ2n) is 4.67. The molecular weight excluding hydrogens is 292 g/mol. The van der Waals surface area contributed by atoms with E-state index in [-0.39, 0.29) is 0 Å². The van der Waals surface area contributed by atoms with E-state index in [1.165, 1.54) is 18.4 Å². The van der Waals surface area contributed by atoms with Crippen molar-refractivity contribution < 1.29 is 0 Å². The lowest BCUT2D eigenvalue weighted by Crippen LogP contribution is -2.37. The minimum absolute atomic E-state index is 0.396. The van der Waals surface area contributed by atoms with E-state index in [9.17, 15) is 0 Å². The maximum absolute atomic E-state index is 5.52. The van der Waals surface area contributed by atoms with Gasteiger partial charge in [-0.2, -0.15) is 0 Å². The second kappa shape index (κ2) is 6.20. The first-order valence-corrected chi connectivity index (χ1v) is 7.06. The van der Waals surface area contributed by atoms with Gasteiger partial charge >= 0.3 is 0 Å². The quantitative estimate of drug-likeness (QED) is 0.341. The Bertz CT molecular complexity index is 439. The van der Waals surface area contributed by atoms with Gasteiger partial charge in [0.25, 0.3) is 0 Å². The van der Waals surface area contributed by atoms with Crippen molar-refractivity contribution in [3.05, 3.63) is 28.2 Å². The van der Waals surface area contributed by atoms with E-state index in [4.69, 9.17) is 5.84 Å². The summed E-state index contributed by atoms with van der Waals surface area (Å²) in [6.07, 6.45) is 4.84. The molecule has 0 aromatic heterocycles. The first-order chi connectivity index (χ1) is 8.69. The van der Waals surface area contributed by atoms with Gasteiger partial charge in [-0.25, -0.2) is 10.8 Å². The highest BCUT2D eigenvalue weighted by Gasteiger charge is 2.14. The molecule has 4 nitrogen and oxygen atoms in total. The predicted octanol–water partition coefficient (Wildman–Crippen LogP) is 2.93. The van der Waals surface area contributed by atoms with Crippen molar-refractivity contribution in [2.24, 2.45) is 10.8 Å². The van der Waals surface area contributed by atoms with Crippen LogP contribution in [-0.2, 0) is 0 Å². The predicted molar refractivity (Wildman–Crippen MR) is 79.5 cm³/mol. The molecule has 1 aliphatic rings.